The highest BCUT2D eigenvalue weighted by Crippen LogP contribution is 2.38. The SMILES string of the molecule is CC[C@@H](NC(=O)c1ccc2c(c1)C(=C(Nc1cccc(CN3CCN(C)CC3)c1)c1cccnc1)C(=O)N2)c1ccccc1. The van der Waals surface area contributed by atoms with Crippen molar-refractivity contribution in [3.8, 4) is 0 Å². The Labute approximate surface area is 258 Å². The number of fused-ring (bicyclic) bond motifs is 1. The van der Waals surface area contributed by atoms with Crippen molar-refractivity contribution in [2.24, 2.45) is 0 Å². The van der Waals surface area contributed by atoms with Crippen LogP contribution >= 0.6 is 0 Å². The number of pyridine rings is 1. The van der Waals surface area contributed by atoms with Crippen molar-refractivity contribution >= 4 is 34.5 Å². The van der Waals surface area contributed by atoms with Crippen LogP contribution in [0.15, 0.2) is 97.3 Å². The van der Waals surface area contributed by atoms with E-state index in [2.05, 4.69) is 56.8 Å². The van der Waals surface area contributed by atoms with Crippen LogP contribution in [0, 0.1) is 0 Å². The number of likely N-dealkylation sites (N-methyl/N-ethyl adjacent to an activating group) is 1. The first-order valence-corrected chi connectivity index (χ1v) is 15.2. The quantitative estimate of drug-likeness (QED) is 0.220. The van der Waals surface area contributed by atoms with E-state index in [1.165, 1.54) is 5.56 Å². The van der Waals surface area contributed by atoms with Gasteiger partial charge in [-0.2, -0.15) is 0 Å². The molecule has 1 aromatic heterocycles. The van der Waals surface area contributed by atoms with E-state index in [-0.39, 0.29) is 17.9 Å². The molecule has 3 aromatic carbocycles. The Morgan fingerprint density at radius 3 is 2.50 bits per heavy atom. The van der Waals surface area contributed by atoms with Crippen LogP contribution < -0.4 is 16.0 Å². The third kappa shape index (κ3) is 6.56. The van der Waals surface area contributed by atoms with Gasteiger partial charge in [0.05, 0.1) is 17.3 Å². The van der Waals surface area contributed by atoms with Gasteiger partial charge in [-0.3, -0.25) is 19.5 Å². The number of benzene rings is 3. The molecule has 8 heteroatoms. The molecule has 6 rings (SSSR count). The van der Waals surface area contributed by atoms with Gasteiger partial charge in [0, 0.05) is 73.2 Å². The van der Waals surface area contributed by atoms with Crippen molar-refractivity contribution in [3.63, 3.8) is 0 Å². The summed E-state index contributed by atoms with van der Waals surface area (Å²) in [5, 5.41) is 9.72. The molecule has 3 N–H and O–H groups in total. The Bertz CT molecular complexity index is 1660. The van der Waals surface area contributed by atoms with Crippen molar-refractivity contribution in [1.29, 1.82) is 0 Å². The Morgan fingerprint density at radius 2 is 1.75 bits per heavy atom. The number of aromatic nitrogens is 1. The van der Waals surface area contributed by atoms with Crippen molar-refractivity contribution in [1.82, 2.24) is 20.1 Å². The lowest BCUT2D eigenvalue weighted by Gasteiger charge is -2.32. The molecule has 3 heterocycles. The van der Waals surface area contributed by atoms with Gasteiger partial charge in [-0.1, -0.05) is 49.4 Å². The van der Waals surface area contributed by atoms with Crippen LogP contribution in [0.4, 0.5) is 11.4 Å². The van der Waals surface area contributed by atoms with Gasteiger partial charge in [-0.15, -0.1) is 0 Å². The molecule has 1 atom stereocenters. The summed E-state index contributed by atoms with van der Waals surface area (Å²) in [6.45, 7) is 7.12. The third-order valence-corrected chi connectivity index (χ3v) is 8.34. The number of carbonyl (C=O) groups is 2. The number of piperazine rings is 1. The van der Waals surface area contributed by atoms with Gasteiger partial charge in [-0.25, -0.2) is 0 Å². The number of amides is 2. The molecule has 0 bridgehead atoms. The molecule has 8 nitrogen and oxygen atoms in total. The van der Waals surface area contributed by atoms with Gasteiger partial charge in [0.1, 0.15) is 0 Å². The zero-order valence-corrected chi connectivity index (χ0v) is 25.2. The lowest BCUT2D eigenvalue weighted by atomic mass is 9.98. The minimum absolute atomic E-state index is 0.113. The summed E-state index contributed by atoms with van der Waals surface area (Å²) < 4.78 is 0. The van der Waals surface area contributed by atoms with E-state index in [0.717, 1.165) is 56.0 Å². The molecule has 0 aliphatic carbocycles. The topological polar surface area (TPSA) is 89.6 Å². The predicted molar refractivity (Wildman–Crippen MR) is 176 cm³/mol. The van der Waals surface area contributed by atoms with Gasteiger partial charge in [0.2, 0.25) is 0 Å². The first kappa shape index (κ1) is 29.3. The predicted octanol–water partition coefficient (Wildman–Crippen LogP) is 5.64. The lowest BCUT2D eigenvalue weighted by molar-refractivity contribution is -0.110. The van der Waals surface area contributed by atoms with Crippen LogP contribution in [-0.4, -0.2) is 59.8 Å². The maximum absolute atomic E-state index is 13.5. The summed E-state index contributed by atoms with van der Waals surface area (Å²) in [5.41, 5.74) is 6.87. The molecule has 0 saturated carbocycles. The van der Waals surface area contributed by atoms with E-state index in [4.69, 9.17) is 0 Å². The van der Waals surface area contributed by atoms with E-state index in [1.807, 2.05) is 54.6 Å². The van der Waals surface area contributed by atoms with Gasteiger partial charge in [0.25, 0.3) is 11.8 Å². The summed E-state index contributed by atoms with van der Waals surface area (Å²) >= 11 is 0. The largest absolute Gasteiger partial charge is 0.354 e. The molecule has 0 spiro atoms. The van der Waals surface area contributed by atoms with E-state index in [1.54, 1.807) is 30.6 Å². The summed E-state index contributed by atoms with van der Waals surface area (Å²) in [6, 6.07) is 27.3. The van der Waals surface area contributed by atoms with Crippen LogP contribution in [0.2, 0.25) is 0 Å². The number of anilines is 2. The zero-order valence-electron chi connectivity index (χ0n) is 25.2. The number of carbonyl (C=O) groups excluding carboxylic acids is 2. The smallest absolute Gasteiger partial charge is 0.258 e. The van der Waals surface area contributed by atoms with Crippen molar-refractivity contribution < 1.29 is 9.59 Å². The molecule has 224 valence electrons. The Balaban J connectivity index is 1.32. The molecule has 1 fully saturated rings. The fraction of sp³-hybridized carbons (Fsp3) is 0.250. The first-order valence-electron chi connectivity index (χ1n) is 15.2. The number of nitrogens with one attached hydrogen (secondary N) is 3. The van der Waals surface area contributed by atoms with Crippen molar-refractivity contribution in [2.45, 2.75) is 25.9 Å². The van der Waals surface area contributed by atoms with Crippen LogP contribution in [0.5, 0.6) is 0 Å². The number of nitrogens with zero attached hydrogens (tertiary/aromatic N) is 3. The van der Waals surface area contributed by atoms with Gasteiger partial charge < -0.3 is 20.9 Å². The Morgan fingerprint density at radius 1 is 0.932 bits per heavy atom. The van der Waals surface area contributed by atoms with Crippen LogP contribution in [0.3, 0.4) is 0 Å². The van der Waals surface area contributed by atoms with E-state index in [9.17, 15) is 9.59 Å². The summed E-state index contributed by atoms with van der Waals surface area (Å²) in [4.78, 5) is 36.2. The average Bonchev–Trinajstić information content (AvgIpc) is 3.39. The highest BCUT2D eigenvalue weighted by molar-refractivity contribution is 6.37. The van der Waals surface area contributed by atoms with Gasteiger partial charge >= 0.3 is 0 Å². The summed E-state index contributed by atoms with van der Waals surface area (Å²) in [5.74, 6) is -0.414. The minimum atomic E-state index is -0.228. The normalized spacial score (nSPS) is 17.0. The summed E-state index contributed by atoms with van der Waals surface area (Å²) in [6.07, 6.45) is 4.22. The highest BCUT2D eigenvalue weighted by atomic mass is 16.2. The number of hydrogen-bond donors (Lipinski definition) is 3. The van der Waals surface area contributed by atoms with Gasteiger partial charge in [0.15, 0.2) is 0 Å². The molecular formula is C36H38N6O2. The number of rotatable bonds is 9. The second kappa shape index (κ2) is 13.2. The minimum Gasteiger partial charge on any atom is -0.354 e. The maximum atomic E-state index is 13.5. The lowest BCUT2D eigenvalue weighted by Crippen LogP contribution is -2.43. The monoisotopic (exact) mass is 586 g/mol. The second-order valence-electron chi connectivity index (χ2n) is 11.5. The Hall–Kier alpha value is -4.79. The molecule has 2 amide bonds. The second-order valence-corrected chi connectivity index (χ2v) is 11.5. The van der Waals surface area contributed by atoms with Gasteiger partial charge in [-0.05, 0) is 67.1 Å². The molecule has 44 heavy (non-hydrogen) atoms. The van der Waals surface area contributed by atoms with E-state index in [0.29, 0.717) is 28.1 Å². The molecular weight excluding hydrogens is 548 g/mol. The first-order chi connectivity index (χ1) is 21.5. The molecule has 0 radical (unpaired) electrons. The fourth-order valence-electron chi connectivity index (χ4n) is 5.85. The van der Waals surface area contributed by atoms with Crippen molar-refractivity contribution in [2.75, 3.05) is 43.9 Å². The van der Waals surface area contributed by atoms with E-state index >= 15 is 0 Å². The summed E-state index contributed by atoms with van der Waals surface area (Å²) in [7, 11) is 2.16. The Kier molecular flexibility index (Phi) is 8.81. The fourth-order valence-corrected chi connectivity index (χ4v) is 5.85. The maximum Gasteiger partial charge on any atom is 0.258 e. The number of hydrogen-bond acceptors (Lipinski definition) is 6. The molecule has 0 unspecified atom stereocenters. The average molecular weight is 587 g/mol. The standard InChI is InChI=1S/C36H38N6O2/c1-3-31(26-10-5-4-6-11-26)39-35(43)27-14-15-32-30(22-27)33(36(44)40-32)34(28-12-8-16-37-23-28)38-29-13-7-9-25(21-29)24-42-19-17-41(2)18-20-42/h4-16,21-23,31,38H,3,17-20,24H2,1-2H3,(H,39,43)(H,40,44)/t31-/m1/s1. The molecule has 4 aromatic rings. The molecule has 2 aliphatic rings. The van der Waals surface area contributed by atoms with Crippen LogP contribution in [-0.2, 0) is 11.3 Å². The van der Waals surface area contributed by atoms with Crippen LogP contribution in [0.25, 0.3) is 11.3 Å². The molecule has 2 aliphatic heterocycles. The highest BCUT2D eigenvalue weighted by Gasteiger charge is 2.30. The van der Waals surface area contributed by atoms with E-state index < -0.39 is 0 Å². The third-order valence-electron chi connectivity index (χ3n) is 8.34. The zero-order chi connectivity index (χ0) is 30.5. The van der Waals surface area contributed by atoms with Crippen LogP contribution in [0.1, 0.15) is 52.0 Å². The van der Waals surface area contributed by atoms with Crippen molar-refractivity contribution in [3.05, 3.63) is 125 Å². The molecule has 1 saturated heterocycles.